The summed E-state index contributed by atoms with van der Waals surface area (Å²) in [4.78, 5) is 24.4. The van der Waals surface area contributed by atoms with E-state index in [1.54, 1.807) is 6.92 Å². The smallest absolute Gasteiger partial charge is 0.244 e. The predicted molar refractivity (Wildman–Crippen MR) is 72.7 cm³/mol. The Kier molecular flexibility index (Phi) is 5.16. The molecule has 18 heavy (non-hydrogen) atoms. The molecule has 98 valence electrons. The molecule has 2 N–H and O–H groups in total. The summed E-state index contributed by atoms with van der Waals surface area (Å²) in [7, 11) is 0. The molecular formula is C13H17ClN2O2. The summed E-state index contributed by atoms with van der Waals surface area (Å²) in [6.45, 7) is 3.76. The Bertz CT molecular complexity index is 446. The number of carbonyl (C=O) groups excluding carboxylic acids is 2. The molecule has 0 radical (unpaired) electrons. The standard InChI is InChI=1S/C13H17ClN2O2/c1-9-5-3-4-6-11(9)16(8-7-12(15)17)13(18)10(2)14/h3-6,10H,7-8H2,1-2H3,(H2,15,17). The van der Waals surface area contributed by atoms with E-state index < -0.39 is 11.3 Å². The highest BCUT2D eigenvalue weighted by Gasteiger charge is 2.21. The number of para-hydroxylation sites is 1. The summed E-state index contributed by atoms with van der Waals surface area (Å²) < 4.78 is 0. The van der Waals surface area contributed by atoms with E-state index in [-0.39, 0.29) is 18.9 Å². The van der Waals surface area contributed by atoms with Crippen LogP contribution in [0.25, 0.3) is 0 Å². The molecule has 0 aromatic heterocycles. The topological polar surface area (TPSA) is 63.4 Å². The van der Waals surface area contributed by atoms with E-state index in [2.05, 4.69) is 0 Å². The Morgan fingerprint density at radius 1 is 1.39 bits per heavy atom. The van der Waals surface area contributed by atoms with Crippen LogP contribution in [0.1, 0.15) is 18.9 Å². The van der Waals surface area contributed by atoms with E-state index in [0.717, 1.165) is 11.3 Å². The minimum absolute atomic E-state index is 0.115. The van der Waals surface area contributed by atoms with Crippen LogP contribution in [0.5, 0.6) is 0 Å². The Hall–Kier alpha value is -1.55. The Morgan fingerprint density at radius 3 is 2.50 bits per heavy atom. The van der Waals surface area contributed by atoms with Crippen LogP contribution in [0.2, 0.25) is 0 Å². The highest BCUT2D eigenvalue weighted by molar-refractivity contribution is 6.32. The molecule has 0 fully saturated rings. The molecular weight excluding hydrogens is 252 g/mol. The second kappa shape index (κ2) is 6.40. The van der Waals surface area contributed by atoms with Gasteiger partial charge in [-0.25, -0.2) is 0 Å². The summed E-state index contributed by atoms with van der Waals surface area (Å²) in [5, 5.41) is -0.641. The SMILES string of the molecule is Cc1ccccc1N(CCC(N)=O)C(=O)C(C)Cl. The van der Waals surface area contributed by atoms with Crippen LogP contribution in [0.15, 0.2) is 24.3 Å². The van der Waals surface area contributed by atoms with Gasteiger partial charge in [0, 0.05) is 18.7 Å². The third kappa shape index (κ3) is 3.74. The molecule has 0 bridgehead atoms. The number of anilines is 1. The van der Waals surface area contributed by atoms with Crippen molar-refractivity contribution in [2.45, 2.75) is 25.6 Å². The summed E-state index contributed by atoms with van der Waals surface area (Å²) in [5.41, 5.74) is 6.84. The molecule has 1 atom stereocenters. The number of aryl methyl sites for hydroxylation is 1. The van der Waals surface area contributed by atoms with Crippen molar-refractivity contribution in [2.24, 2.45) is 5.73 Å². The number of hydrogen-bond donors (Lipinski definition) is 1. The van der Waals surface area contributed by atoms with Gasteiger partial charge in [-0.15, -0.1) is 11.6 Å². The number of nitrogens with two attached hydrogens (primary N) is 1. The van der Waals surface area contributed by atoms with E-state index in [4.69, 9.17) is 17.3 Å². The first-order valence-electron chi connectivity index (χ1n) is 5.73. The fourth-order valence-corrected chi connectivity index (χ4v) is 1.77. The maximum Gasteiger partial charge on any atom is 0.244 e. The Balaban J connectivity index is 3.00. The normalized spacial score (nSPS) is 11.9. The molecule has 5 heteroatoms. The molecule has 0 saturated carbocycles. The number of amides is 2. The molecule has 0 spiro atoms. The first-order chi connectivity index (χ1) is 8.43. The largest absolute Gasteiger partial charge is 0.370 e. The summed E-state index contributed by atoms with van der Waals surface area (Å²) in [5.74, 6) is -0.671. The van der Waals surface area contributed by atoms with Gasteiger partial charge in [0.1, 0.15) is 5.38 Å². The summed E-state index contributed by atoms with van der Waals surface area (Å²) in [6.07, 6.45) is 0.115. The minimum Gasteiger partial charge on any atom is -0.370 e. The number of nitrogens with zero attached hydrogens (tertiary/aromatic N) is 1. The van der Waals surface area contributed by atoms with Crippen LogP contribution >= 0.6 is 11.6 Å². The van der Waals surface area contributed by atoms with Gasteiger partial charge in [-0.2, -0.15) is 0 Å². The molecule has 1 aromatic rings. The van der Waals surface area contributed by atoms with Crippen molar-refractivity contribution >= 4 is 29.1 Å². The maximum absolute atomic E-state index is 12.1. The molecule has 0 aliphatic heterocycles. The first-order valence-corrected chi connectivity index (χ1v) is 6.16. The number of hydrogen-bond acceptors (Lipinski definition) is 2. The fraction of sp³-hybridized carbons (Fsp3) is 0.385. The van der Waals surface area contributed by atoms with Crippen molar-refractivity contribution in [3.8, 4) is 0 Å². The summed E-state index contributed by atoms with van der Waals surface area (Å²) in [6, 6.07) is 7.46. The van der Waals surface area contributed by atoms with E-state index in [0.29, 0.717) is 0 Å². The van der Waals surface area contributed by atoms with Gasteiger partial charge in [0.2, 0.25) is 11.8 Å². The highest BCUT2D eigenvalue weighted by atomic mass is 35.5. The van der Waals surface area contributed by atoms with E-state index in [9.17, 15) is 9.59 Å². The van der Waals surface area contributed by atoms with Crippen molar-refractivity contribution in [1.82, 2.24) is 0 Å². The van der Waals surface area contributed by atoms with Gasteiger partial charge in [-0.3, -0.25) is 9.59 Å². The Labute approximate surface area is 112 Å². The lowest BCUT2D eigenvalue weighted by molar-refractivity contribution is -0.118. The van der Waals surface area contributed by atoms with Crippen LogP contribution in [0, 0.1) is 6.92 Å². The lowest BCUT2D eigenvalue weighted by Gasteiger charge is -2.25. The van der Waals surface area contributed by atoms with Crippen LogP contribution in [-0.4, -0.2) is 23.7 Å². The van der Waals surface area contributed by atoms with Crippen LogP contribution in [-0.2, 0) is 9.59 Å². The van der Waals surface area contributed by atoms with Gasteiger partial charge < -0.3 is 10.6 Å². The molecule has 4 nitrogen and oxygen atoms in total. The van der Waals surface area contributed by atoms with Gasteiger partial charge in [0.25, 0.3) is 0 Å². The Morgan fingerprint density at radius 2 is 2.00 bits per heavy atom. The van der Waals surface area contributed by atoms with Gasteiger partial charge in [0.05, 0.1) is 0 Å². The van der Waals surface area contributed by atoms with Gasteiger partial charge in [-0.05, 0) is 25.5 Å². The van der Waals surface area contributed by atoms with Gasteiger partial charge >= 0.3 is 0 Å². The monoisotopic (exact) mass is 268 g/mol. The zero-order chi connectivity index (χ0) is 13.7. The first kappa shape index (κ1) is 14.5. The van der Waals surface area contributed by atoms with E-state index in [1.165, 1.54) is 4.90 Å². The predicted octanol–water partition coefficient (Wildman–Crippen LogP) is 1.83. The lowest BCUT2D eigenvalue weighted by atomic mass is 10.1. The number of rotatable bonds is 5. The van der Waals surface area contributed by atoms with E-state index in [1.807, 2.05) is 31.2 Å². The zero-order valence-electron chi connectivity index (χ0n) is 10.5. The molecule has 0 saturated heterocycles. The molecule has 1 aromatic carbocycles. The number of benzene rings is 1. The molecule has 0 aliphatic carbocycles. The molecule has 1 unspecified atom stereocenters. The number of primary amides is 1. The van der Waals surface area contributed by atoms with Gasteiger partial charge in [-0.1, -0.05) is 18.2 Å². The number of alkyl halides is 1. The van der Waals surface area contributed by atoms with Crippen molar-refractivity contribution in [3.05, 3.63) is 29.8 Å². The van der Waals surface area contributed by atoms with Crippen molar-refractivity contribution in [1.29, 1.82) is 0 Å². The maximum atomic E-state index is 12.1. The van der Waals surface area contributed by atoms with Crippen LogP contribution in [0.4, 0.5) is 5.69 Å². The second-order valence-corrected chi connectivity index (χ2v) is 4.76. The zero-order valence-corrected chi connectivity index (χ0v) is 11.3. The summed E-state index contributed by atoms with van der Waals surface area (Å²) >= 11 is 5.83. The molecule has 0 aliphatic rings. The van der Waals surface area contributed by atoms with Crippen LogP contribution < -0.4 is 10.6 Å². The molecule has 0 heterocycles. The molecule has 2 amide bonds. The average Bonchev–Trinajstić information content (AvgIpc) is 2.30. The van der Waals surface area contributed by atoms with Gasteiger partial charge in [0.15, 0.2) is 0 Å². The van der Waals surface area contributed by atoms with Crippen LogP contribution in [0.3, 0.4) is 0 Å². The highest BCUT2D eigenvalue weighted by Crippen LogP contribution is 2.21. The fourth-order valence-electron chi connectivity index (χ4n) is 1.65. The quantitative estimate of drug-likeness (QED) is 0.828. The average molecular weight is 269 g/mol. The van der Waals surface area contributed by atoms with Crippen molar-refractivity contribution in [3.63, 3.8) is 0 Å². The van der Waals surface area contributed by atoms with Crippen molar-refractivity contribution < 1.29 is 9.59 Å². The third-order valence-electron chi connectivity index (χ3n) is 2.59. The second-order valence-electron chi connectivity index (χ2n) is 4.11. The van der Waals surface area contributed by atoms with Crippen molar-refractivity contribution in [2.75, 3.05) is 11.4 Å². The lowest BCUT2D eigenvalue weighted by Crippen LogP contribution is -2.38. The molecule has 1 rings (SSSR count). The minimum atomic E-state index is -0.641. The number of carbonyl (C=O) groups is 2. The number of halogens is 1. The third-order valence-corrected chi connectivity index (χ3v) is 2.78. The van der Waals surface area contributed by atoms with E-state index >= 15 is 0 Å².